The quantitative estimate of drug-likeness (QED) is 0.485. The first-order chi connectivity index (χ1) is 3.88. The third kappa shape index (κ3) is 0.218. The van der Waals surface area contributed by atoms with E-state index in [4.69, 9.17) is 0 Å². The number of aliphatic hydroxyl groups is 1. The second-order valence-electron chi connectivity index (χ2n) is 3.63. The molecule has 0 aromatic heterocycles. The summed E-state index contributed by atoms with van der Waals surface area (Å²) in [7, 11) is 0. The van der Waals surface area contributed by atoms with Crippen molar-refractivity contribution in [3.8, 4) is 0 Å². The van der Waals surface area contributed by atoms with E-state index in [-0.39, 0.29) is 6.10 Å². The lowest BCUT2D eigenvalue weighted by Crippen LogP contribution is -2.09. The van der Waals surface area contributed by atoms with Gasteiger partial charge in [-0.2, -0.15) is 0 Å². The van der Waals surface area contributed by atoms with Crippen LogP contribution in [0.25, 0.3) is 0 Å². The Bertz CT molecular complexity index is 129. The summed E-state index contributed by atoms with van der Waals surface area (Å²) in [4.78, 5) is 0. The van der Waals surface area contributed by atoms with Gasteiger partial charge in [0.25, 0.3) is 0 Å². The first-order valence-corrected chi connectivity index (χ1v) is 3.56. The summed E-state index contributed by atoms with van der Waals surface area (Å²) in [5.41, 5.74) is 0. The van der Waals surface area contributed by atoms with E-state index in [2.05, 4.69) is 0 Å². The fourth-order valence-electron chi connectivity index (χ4n) is 3.03. The second-order valence-corrected chi connectivity index (χ2v) is 3.63. The van der Waals surface area contributed by atoms with Gasteiger partial charge in [0.15, 0.2) is 0 Å². The number of hydrogen-bond acceptors (Lipinski definition) is 1. The van der Waals surface area contributed by atoms with Gasteiger partial charge >= 0.3 is 0 Å². The molecule has 44 valence electrons. The Kier molecular flexibility index (Phi) is 0.418. The van der Waals surface area contributed by atoms with Crippen LogP contribution >= 0.6 is 0 Å². The third-order valence-electron chi connectivity index (χ3n) is 3.43. The molecule has 0 saturated heterocycles. The van der Waals surface area contributed by atoms with Crippen LogP contribution < -0.4 is 0 Å². The molecule has 3 unspecified atom stereocenters. The predicted molar refractivity (Wildman–Crippen MR) is 29.2 cm³/mol. The van der Waals surface area contributed by atoms with Gasteiger partial charge in [-0.1, -0.05) is 0 Å². The average Bonchev–Trinajstić information content (AvgIpc) is 2.23. The first-order valence-electron chi connectivity index (χ1n) is 3.56. The summed E-state index contributed by atoms with van der Waals surface area (Å²) in [5.74, 6) is 3.47. The topological polar surface area (TPSA) is 20.2 Å². The maximum Gasteiger partial charge on any atom is 0.0602 e. The van der Waals surface area contributed by atoms with Gasteiger partial charge in [0.2, 0.25) is 0 Å². The molecule has 0 aliphatic heterocycles. The lowest BCUT2D eigenvalue weighted by atomic mass is 10.1. The normalized spacial score (nSPS) is 73.9. The van der Waals surface area contributed by atoms with Crippen LogP contribution in [0.15, 0.2) is 0 Å². The molecule has 4 bridgehead atoms. The Hall–Kier alpha value is -0.0400. The van der Waals surface area contributed by atoms with Crippen LogP contribution in [0.5, 0.6) is 0 Å². The number of rotatable bonds is 0. The fraction of sp³-hybridized carbons (Fsp3) is 1.00. The summed E-state index contributed by atoms with van der Waals surface area (Å²) in [6, 6.07) is 0. The van der Waals surface area contributed by atoms with E-state index in [1.807, 2.05) is 0 Å². The van der Waals surface area contributed by atoms with Crippen LogP contribution in [0.4, 0.5) is 0 Å². The van der Waals surface area contributed by atoms with Crippen LogP contribution in [0.2, 0.25) is 0 Å². The van der Waals surface area contributed by atoms with Gasteiger partial charge < -0.3 is 5.11 Å². The number of aliphatic hydroxyl groups excluding tert-OH is 1. The SMILES string of the molecule is OC1C2CC3C(C2)C13. The van der Waals surface area contributed by atoms with Gasteiger partial charge in [-0.05, 0) is 36.5 Å². The van der Waals surface area contributed by atoms with Crippen LogP contribution in [-0.2, 0) is 0 Å². The number of hydrogen-bond donors (Lipinski definition) is 1. The maximum atomic E-state index is 9.35. The van der Waals surface area contributed by atoms with Crippen molar-refractivity contribution in [2.45, 2.75) is 18.9 Å². The molecule has 0 heterocycles. The largest absolute Gasteiger partial charge is 0.393 e. The zero-order valence-electron chi connectivity index (χ0n) is 4.75. The van der Waals surface area contributed by atoms with Crippen molar-refractivity contribution in [1.82, 2.24) is 0 Å². The van der Waals surface area contributed by atoms with Gasteiger partial charge in [0.1, 0.15) is 0 Å². The summed E-state index contributed by atoms with van der Waals surface area (Å²) in [5, 5.41) is 9.35. The molecule has 1 heteroatoms. The van der Waals surface area contributed by atoms with E-state index in [9.17, 15) is 5.11 Å². The molecule has 3 atom stereocenters. The molecule has 1 N–H and O–H groups in total. The minimum Gasteiger partial charge on any atom is -0.393 e. The van der Waals surface area contributed by atoms with E-state index in [1.165, 1.54) is 12.8 Å². The first kappa shape index (κ1) is 3.89. The molecule has 0 amide bonds. The Morgan fingerprint density at radius 3 is 1.88 bits per heavy atom. The van der Waals surface area contributed by atoms with E-state index in [0.717, 1.165) is 23.7 Å². The second kappa shape index (κ2) is 0.860. The van der Waals surface area contributed by atoms with Crippen molar-refractivity contribution < 1.29 is 5.11 Å². The molecule has 8 heavy (non-hydrogen) atoms. The molecule has 4 rings (SSSR count). The Morgan fingerprint density at radius 1 is 1.12 bits per heavy atom. The molecule has 0 aromatic rings. The minimum atomic E-state index is 0.130. The highest BCUT2D eigenvalue weighted by Gasteiger charge is 2.68. The summed E-state index contributed by atoms with van der Waals surface area (Å²) < 4.78 is 0. The molecule has 4 aliphatic rings. The van der Waals surface area contributed by atoms with Crippen molar-refractivity contribution in [1.29, 1.82) is 0 Å². The summed E-state index contributed by atoms with van der Waals surface area (Å²) in [6.45, 7) is 0. The van der Waals surface area contributed by atoms with Gasteiger partial charge in [-0.3, -0.25) is 0 Å². The Morgan fingerprint density at radius 2 is 1.75 bits per heavy atom. The third-order valence-corrected chi connectivity index (χ3v) is 3.43. The maximum absolute atomic E-state index is 9.35. The minimum absolute atomic E-state index is 0.130. The molecule has 0 spiro atoms. The van der Waals surface area contributed by atoms with E-state index in [1.54, 1.807) is 0 Å². The molecule has 4 fully saturated rings. The van der Waals surface area contributed by atoms with Crippen LogP contribution in [-0.4, -0.2) is 11.2 Å². The predicted octanol–water partition coefficient (Wildman–Crippen LogP) is 0.633. The molecule has 0 radical (unpaired) electrons. The monoisotopic (exact) mass is 110 g/mol. The Labute approximate surface area is 48.7 Å². The summed E-state index contributed by atoms with van der Waals surface area (Å²) in [6.07, 6.45) is 2.84. The van der Waals surface area contributed by atoms with Crippen LogP contribution in [0.3, 0.4) is 0 Å². The molecular formula is C7H10O. The van der Waals surface area contributed by atoms with Crippen molar-refractivity contribution in [2.75, 3.05) is 0 Å². The van der Waals surface area contributed by atoms with Crippen molar-refractivity contribution in [3.63, 3.8) is 0 Å². The lowest BCUT2D eigenvalue weighted by molar-refractivity contribution is 0.135. The zero-order chi connectivity index (χ0) is 5.30. The van der Waals surface area contributed by atoms with E-state index >= 15 is 0 Å². The molecule has 0 aromatic carbocycles. The standard InChI is InChI=1S/C7H10O/c8-7-3-1-4-5(2-3)6(4)7/h3-8H,1-2H2. The highest BCUT2D eigenvalue weighted by molar-refractivity contribution is 5.16. The van der Waals surface area contributed by atoms with Gasteiger partial charge in [0.05, 0.1) is 6.10 Å². The molecule has 1 nitrogen and oxygen atoms in total. The van der Waals surface area contributed by atoms with Crippen molar-refractivity contribution >= 4 is 0 Å². The van der Waals surface area contributed by atoms with Gasteiger partial charge in [-0.15, -0.1) is 0 Å². The van der Waals surface area contributed by atoms with Gasteiger partial charge in [-0.25, -0.2) is 0 Å². The van der Waals surface area contributed by atoms with Gasteiger partial charge in [0, 0.05) is 0 Å². The van der Waals surface area contributed by atoms with Crippen LogP contribution in [0, 0.1) is 23.7 Å². The van der Waals surface area contributed by atoms with E-state index < -0.39 is 0 Å². The highest BCUT2D eigenvalue weighted by Crippen LogP contribution is 2.70. The molecular weight excluding hydrogens is 100 g/mol. The molecule has 4 saturated carbocycles. The smallest absolute Gasteiger partial charge is 0.0602 e. The van der Waals surface area contributed by atoms with Crippen molar-refractivity contribution in [2.24, 2.45) is 23.7 Å². The Balaban J connectivity index is 2.10. The fourth-order valence-corrected chi connectivity index (χ4v) is 3.03. The lowest BCUT2D eigenvalue weighted by Gasteiger charge is -2.03. The molecule has 4 aliphatic carbocycles. The zero-order valence-corrected chi connectivity index (χ0v) is 4.75. The van der Waals surface area contributed by atoms with E-state index in [0.29, 0.717) is 0 Å². The highest BCUT2D eigenvalue weighted by atomic mass is 16.3. The van der Waals surface area contributed by atoms with Crippen molar-refractivity contribution in [3.05, 3.63) is 0 Å². The average molecular weight is 110 g/mol. The van der Waals surface area contributed by atoms with Crippen LogP contribution in [0.1, 0.15) is 12.8 Å². The summed E-state index contributed by atoms with van der Waals surface area (Å²) >= 11 is 0.